The van der Waals surface area contributed by atoms with Crippen LogP contribution in [-0.4, -0.2) is 16.0 Å². The number of carbonyl (C=O) groups is 1. The lowest BCUT2D eigenvalue weighted by Crippen LogP contribution is -2.12. The molecule has 0 saturated heterocycles. The molecule has 24 heavy (non-hydrogen) atoms. The molecule has 1 amide bonds. The highest BCUT2D eigenvalue weighted by Crippen LogP contribution is 2.24. The van der Waals surface area contributed by atoms with E-state index < -0.39 is 0 Å². The zero-order chi connectivity index (χ0) is 17.1. The summed E-state index contributed by atoms with van der Waals surface area (Å²) in [6, 6.07) is 12.5. The summed E-state index contributed by atoms with van der Waals surface area (Å²) in [6.45, 7) is 3.89. The molecule has 0 bridgehead atoms. The van der Waals surface area contributed by atoms with Crippen molar-refractivity contribution < 1.29 is 9.32 Å². The first-order chi connectivity index (χ1) is 11.6. The largest absolute Gasteiger partial charge is 0.339 e. The summed E-state index contributed by atoms with van der Waals surface area (Å²) in [6.07, 6.45) is 0.685. The van der Waals surface area contributed by atoms with Crippen molar-refractivity contribution >= 4 is 23.2 Å². The van der Waals surface area contributed by atoms with E-state index in [0.29, 0.717) is 34.4 Å². The summed E-state index contributed by atoms with van der Waals surface area (Å²) < 4.78 is 5.09. The van der Waals surface area contributed by atoms with Crippen LogP contribution in [0.3, 0.4) is 0 Å². The molecule has 3 aromatic rings. The van der Waals surface area contributed by atoms with E-state index in [-0.39, 0.29) is 5.91 Å². The Balaban J connectivity index is 1.76. The first kappa shape index (κ1) is 16.2. The van der Waals surface area contributed by atoms with Gasteiger partial charge in [0.15, 0.2) is 0 Å². The number of benzene rings is 2. The van der Waals surface area contributed by atoms with E-state index in [1.807, 2.05) is 26.0 Å². The molecule has 0 aliphatic rings. The second-order valence-electron chi connectivity index (χ2n) is 5.38. The first-order valence-corrected chi connectivity index (χ1v) is 7.95. The van der Waals surface area contributed by atoms with Gasteiger partial charge in [0.05, 0.1) is 10.7 Å². The second-order valence-corrected chi connectivity index (χ2v) is 5.79. The Bertz CT molecular complexity index is 872. The molecule has 5 nitrogen and oxygen atoms in total. The number of aromatic nitrogens is 2. The van der Waals surface area contributed by atoms with Crippen molar-refractivity contribution in [3.63, 3.8) is 0 Å². The topological polar surface area (TPSA) is 68.0 Å². The van der Waals surface area contributed by atoms with Crippen LogP contribution in [0.4, 0.5) is 5.69 Å². The highest BCUT2D eigenvalue weighted by Gasteiger charge is 2.11. The molecular formula is C18H16ClN3O2. The number of anilines is 1. The third-order valence-electron chi connectivity index (χ3n) is 3.55. The van der Waals surface area contributed by atoms with Crippen molar-refractivity contribution in [2.24, 2.45) is 0 Å². The number of nitrogens with zero attached hydrogens (tertiary/aromatic N) is 2. The molecule has 0 saturated carbocycles. The average molecular weight is 342 g/mol. The molecule has 1 aromatic heterocycles. The monoisotopic (exact) mass is 341 g/mol. The van der Waals surface area contributed by atoms with Gasteiger partial charge in [-0.2, -0.15) is 4.98 Å². The predicted molar refractivity (Wildman–Crippen MR) is 93.3 cm³/mol. The van der Waals surface area contributed by atoms with Crippen molar-refractivity contribution in [1.82, 2.24) is 10.1 Å². The number of carbonyl (C=O) groups excluding carboxylic acids is 1. The lowest BCUT2D eigenvalue weighted by molar-refractivity contribution is 0.102. The Kier molecular flexibility index (Phi) is 4.62. The maximum atomic E-state index is 12.3. The third-order valence-corrected chi connectivity index (χ3v) is 3.86. The molecule has 0 aliphatic carbocycles. The normalized spacial score (nSPS) is 10.6. The van der Waals surface area contributed by atoms with Gasteiger partial charge < -0.3 is 9.84 Å². The van der Waals surface area contributed by atoms with E-state index in [1.54, 1.807) is 30.3 Å². The van der Waals surface area contributed by atoms with Crippen LogP contribution >= 0.6 is 11.6 Å². The van der Waals surface area contributed by atoms with Gasteiger partial charge in [0.25, 0.3) is 5.91 Å². The Labute approximate surface area is 144 Å². The maximum Gasteiger partial charge on any atom is 0.255 e. The van der Waals surface area contributed by atoms with Gasteiger partial charge in [-0.25, -0.2) is 0 Å². The van der Waals surface area contributed by atoms with Gasteiger partial charge in [0, 0.05) is 17.5 Å². The first-order valence-electron chi connectivity index (χ1n) is 7.57. The number of rotatable bonds is 4. The van der Waals surface area contributed by atoms with Gasteiger partial charge in [-0.3, -0.25) is 4.79 Å². The number of hydrogen-bond donors (Lipinski definition) is 1. The van der Waals surface area contributed by atoms with Crippen molar-refractivity contribution in [3.8, 4) is 11.4 Å². The smallest absolute Gasteiger partial charge is 0.255 e. The predicted octanol–water partition coefficient (Wildman–Crippen LogP) is 4.51. The molecule has 0 atom stereocenters. The number of amides is 1. The standard InChI is InChI=1S/C18H16ClN3O2/c1-3-16-21-17(22-24-16)12-5-7-13(8-6-12)18(23)20-15-9-4-11(2)10-14(15)19/h4-10H,3H2,1-2H3,(H,20,23). The molecule has 0 fully saturated rings. The Morgan fingerprint density at radius 1 is 1.21 bits per heavy atom. The summed E-state index contributed by atoms with van der Waals surface area (Å²) >= 11 is 6.14. The Morgan fingerprint density at radius 3 is 2.58 bits per heavy atom. The third kappa shape index (κ3) is 3.46. The molecule has 122 valence electrons. The van der Waals surface area contributed by atoms with E-state index in [0.717, 1.165) is 11.1 Å². The fraction of sp³-hybridized carbons (Fsp3) is 0.167. The fourth-order valence-electron chi connectivity index (χ4n) is 2.20. The van der Waals surface area contributed by atoms with Crippen molar-refractivity contribution in [1.29, 1.82) is 0 Å². The number of aryl methyl sites for hydroxylation is 2. The second kappa shape index (κ2) is 6.84. The van der Waals surface area contributed by atoms with Crippen molar-refractivity contribution in [2.75, 3.05) is 5.32 Å². The number of hydrogen-bond acceptors (Lipinski definition) is 4. The summed E-state index contributed by atoms with van der Waals surface area (Å²) in [7, 11) is 0. The Hall–Kier alpha value is -2.66. The highest BCUT2D eigenvalue weighted by atomic mass is 35.5. The maximum absolute atomic E-state index is 12.3. The summed E-state index contributed by atoms with van der Waals surface area (Å²) in [5.74, 6) is 0.871. The van der Waals surface area contributed by atoms with Crippen LogP contribution in [0.25, 0.3) is 11.4 Å². The van der Waals surface area contributed by atoms with Crippen LogP contribution in [0, 0.1) is 6.92 Å². The minimum atomic E-state index is -0.227. The van der Waals surface area contributed by atoms with Crippen LogP contribution < -0.4 is 5.32 Å². The zero-order valence-corrected chi connectivity index (χ0v) is 14.1. The van der Waals surface area contributed by atoms with Gasteiger partial charge >= 0.3 is 0 Å². The van der Waals surface area contributed by atoms with E-state index in [4.69, 9.17) is 16.1 Å². The van der Waals surface area contributed by atoms with Crippen LogP contribution in [0.1, 0.15) is 28.7 Å². The quantitative estimate of drug-likeness (QED) is 0.757. The van der Waals surface area contributed by atoms with E-state index >= 15 is 0 Å². The van der Waals surface area contributed by atoms with Crippen LogP contribution in [0.5, 0.6) is 0 Å². The molecule has 0 unspecified atom stereocenters. The molecule has 1 N–H and O–H groups in total. The van der Waals surface area contributed by atoms with Crippen molar-refractivity contribution in [2.45, 2.75) is 20.3 Å². The average Bonchev–Trinajstić information content (AvgIpc) is 3.06. The zero-order valence-electron chi connectivity index (χ0n) is 13.3. The number of nitrogens with one attached hydrogen (secondary N) is 1. The van der Waals surface area contributed by atoms with E-state index in [1.165, 1.54) is 0 Å². The number of halogens is 1. The van der Waals surface area contributed by atoms with Crippen LogP contribution in [-0.2, 0) is 6.42 Å². The van der Waals surface area contributed by atoms with Gasteiger partial charge in [-0.15, -0.1) is 0 Å². The SMILES string of the molecule is CCc1nc(-c2ccc(C(=O)Nc3ccc(C)cc3Cl)cc2)no1. The summed E-state index contributed by atoms with van der Waals surface area (Å²) in [5.41, 5.74) is 2.94. The molecule has 0 aliphatic heterocycles. The minimum Gasteiger partial charge on any atom is -0.339 e. The van der Waals surface area contributed by atoms with Crippen molar-refractivity contribution in [3.05, 3.63) is 64.5 Å². The molecular weight excluding hydrogens is 326 g/mol. The van der Waals surface area contributed by atoms with E-state index in [9.17, 15) is 4.79 Å². The fourth-order valence-corrected chi connectivity index (χ4v) is 2.48. The molecule has 0 spiro atoms. The Morgan fingerprint density at radius 2 is 1.96 bits per heavy atom. The van der Waals surface area contributed by atoms with Gasteiger partial charge in [0.1, 0.15) is 0 Å². The lowest BCUT2D eigenvalue weighted by atomic mass is 10.1. The molecule has 3 rings (SSSR count). The van der Waals surface area contributed by atoms with Gasteiger partial charge in [-0.05, 0) is 36.8 Å². The lowest BCUT2D eigenvalue weighted by Gasteiger charge is -2.08. The molecule has 1 heterocycles. The summed E-state index contributed by atoms with van der Waals surface area (Å²) in [4.78, 5) is 16.6. The molecule has 6 heteroatoms. The van der Waals surface area contributed by atoms with E-state index in [2.05, 4.69) is 15.5 Å². The minimum absolute atomic E-state index is 0.227. The summed E-state index contributed by atoms with van der Waals surface area (Å²) in [5, 5.41) is 7.23. The molecule has 0 radical (unpaired) electrons. The van der Waals surface area contributed by atoms with Gasteiger partial charge in [-0.1, -0.05) is 41.9 Å². The van der Waals surface area contributed by atoms with Crippen LogP contribution in [0.15, 0.2) is 47.0 Å². The van der Waals surface area contributed by atoms with Gasteiger partial charge in [0.2, 0.25) is 11.7 Å². The molecule has 2 aromatic carbocycles. The highest BCUT2D eigenvalue weighted by molar-refractivity contribution is 6.34. The van der Waals surface area contributed by atoms with Crippen LogP contribution in [0.2, 0.25) is 5.02 Å².